The monoisotopic (exact) mass is 391 g/mol. The van der Waals surface area contributed by atoms with Crippen molar-refractivity contribution in [1.29, 1.82) is 0 Å². The minimum Gasteiger partial charge on any atom is -0.507 e. The molecule has 0 aliphatic heterocycles. The number of hydrogen-bond acceptors (Lipinski definition) is 2. The third kappa shape index (κ3) is 3.36. The van der Waals surface area contributed by atoms with Crippen molar-refractivity contribution in [2.45, 2.75) is 0 Å². The lowest BCUT2D eigenvalue weighted by atomic mass is 10.1. The van der Waals surface area contributed by atoms with Crippen molar-refractivity contribution in [3.63, 3.8) is 0 Å². The summed E-state index contributed by atoms with van der Waals surface area (Å²) < 4.78 is 14.0. The van der Waals surface area contributed by atoms with Crippen molar-refractivity contribution in [2.75, 3.05) is 5.32 Å². The Morgan fingerprint density at radius 3 is 2.68 bits per heavy atom. The van der Waals surface area contributed by atoms with Gasteiger partial charge in [0.2, 0.25) is 0 Å². The summed E-state index contributed by atoms with van der Waals surface area (Å²) in [6.07, 6.45) is 0. The third-order valence-corrected chi connectivity index (χ3v) is 3.37. The zero-order valence-electron chi connectivity index (χ0n) is 9.45. The molecule has 0 radical (unpaired) electrons. The molecule has 0 fully saturated rings. The molecule has 6 heteroatoms. The molecule has 98 valence electrons. The molecule has 0 spiro atoms. The standard InChI is InChI=1S/C13H8ClFINO2/c14-10-6-8(16)2-3-11(10)17-13(19)9-5-7(15)1-4-12(9)18/h1-6,18H,(H,17,19). The SMILES string of the molecule is O=C(Nc1ccc(I)cc1Cl)c1cc(F)ccc1O. The van der Waals surface area contributed by atoms with Crippen molar-refractivity contribution in [3.8, 4) is 5.75 Å². The molecule has 1 amide bonds. The molecule has 0 saturated heterocycles. The largest absolute Gasteiger partial charge is 0.507 e. The maximum absolute atomic E-state index is 13.1. The van der Waals surface area contributed by atoms with E-state index in [1.165, 1.54) is 0 Å². The summed E-state index contributed by atoms with van der Waals surface area (Å²) in [5.41, 5.74) is 0.255. The molecule has 0 heterocycles. The van der Waals surface area contributed by atoms with E-state index < -0.39 is 11.7 Å². The van der Waals surface area contributed by atoms with Crippen molar-refractivity contribution < 1.29 is 14.3 Å². The second-order valence-electron chi connectivity index (χ2n) is 3.74. The fourth-order valence-corrected chi connectivity index (χ4v) is 2.37. The van der Waals surface area contributed by atoms with Crippen LogP contribution in [-0.2, 0) is 0 Å². The van der Waals surface area contributed by atoms with Gasteiger partial charge in [0, 0.05) is 3.57 Å². The van der Waals surface area contributed by atoms with Gasteiger partial charge in [0.25, 0.3) is 5.91 Å². The van der Waals surface area contributed by atoms with E-state index in [-0.39, 0.29) is 11.3 Å². The van der Waals surface area contributed by atoms with E-state index in [4.69, 9.17) is 11.6 Å². The highest BCUT2D eigenvalue weighted by molar-refractivity contribution is 14.1. The highest BCUT2D eigenvalue weighted by Gasteiger charge is 2.13. The molecule has 3 nitrogen and oxygen atoms in total. The van der Waals surface area contributed by atoms with Gasteiger partial charge in [0.15, 0.2) is 0 Å². The first kappa shape index (κ1) is 14.1. The number of halogens is 3. The fraction of sp³-hybridized carbons (Fsp3) is 0. The van der Waals surface area contributed by atoms with Crippen molar-refractivity contribution >= 4 is 45.8 Å². The molecule has 0 saturated carbocycles. The average molecular weight is 392 g/mol. The van der Waals surface area contributed by atoms with E-state index in [1.807, 2.05) is 0 Å². The van der Waals surface area contributed by atoms with Crippen LogP contribution in [0.4, 0.5) is 10.1 Å². The van der Waals surface area contributed by atoms with Gasteiger partial charge in [0.1, 0.15) is 11.6 Å². The Kier molecular flexibility index (Phi) is 4.26. The van der Waals surface area contributed by atoms with Crippen LogP contribution >= 0.6 is 34.2 Å². The second-order valence-corrected chi connectivity index (χ2v) is 5.39. The van der Waals surface area contributed by atoms with Gasteiger partial charge in [-0.05, 0) is 59.0 Å². The van der Waals surface area contributed by atoms with Crippen LogP contribution in [0.5, 0.6) is 5.75 Å². The van der Waals surface area contributed by atoms with Gasteiger partial charge in [-0.3, -0.25) is 4.79 Å². The number of phenols is 1. The van der Waals surface area contributed by atoms with Crippen LogP contribution in [-0.4, -0.2) is 11.0 Å². The molecule has 19 heavy (non-hydrogen) atoms. The first-order valence-corrected chi connectivity index (χ1v) is 6.68. The number of carbonyl (C=O) groups is 1. The number of nitrogens with one attached hydrogen (secondary N) is 1. The summed E-state index contributed by atoms with van der Waals surface area (Å²) in [6.45, 7) is 0. The Morgan fingerprint density at radius 2 is 2.00 bits per heavy atom. The maximum Gasteiger partial charge on any atom is 0.259 e. The molecular weight excluding hydrogens is 384 g/mol. The van der Waals surface area contributed by atoms with E-state index in [0.29, 0.717) is 10.7 Å². The lowest BCUT2D eigenvalue weighted by Gasteiger charge is -2.08. The molecule has 2 N–H and O–H groups in total. The molecule has 2 rings (SSSR count). The van der Waals surface area contributed by atoms with Gasteiger partial charge in [-0.25, -0.2) is 4.39 Å². The van der Waals surface area contributed by atoms with Gasteiger partial charge in [0.05, 0.1) is 16.3 Å². The molecule has 0 atom stereocenters. The summed E-state index contributed by atoms with van der Waals surface area (Å²) in [5.74, 6) is -1.52. The van der Waals surface area contributed by atoms with Crippen LogP contribution in [0, 0.1) is 9.39 Å². The van der Waals surface area contributed by atoms with Crippen LogP contribution in [0.2, 0.25) is 5.02 Å². The van der Waals surface area contributed by atoms with Crippen LogP contribution in [0.25, 0.3) is 0 Å². The first-order chi connectivity index (χ1) is 8.97. The van der Waals surface area contributed by atoms with Gasteiger partial charge >= 0.3 is 0 Å². The first-order valence-electron chi connectivity index (χ1n) is 5.22. The van der Waals surface area contributed by atoms with E-state index in [0.717, 1.165) is 21.8 Å². The quantitative estimate of drug-likeness (QED) is 0.759. The van der Waals surface area contributed by atoms with Crippen LogP contribution < -0.4 is 5.32 Å². The fourth-order valence-electron chi connectivity index (χ4n) is 1.47. The zero-order valence-corrected chi connectivity index (χ0v) is 12.4. The van der Waals surface area contributed by atoms with Crippen LogP contribution in [0.15, 0.2) is 36.4 Å². The average Bonchev–Trinajstić information content (AvgIpc) is 2.35. The number of aromatic hydroxyl groups is 1. The lowest BCUT2D eigenvalue weighted by molar-refractivity contribution is 0.102. The smallest absolute Gasteiger partial charge is 0.259 e. The minimum atomic E-state index is -0.625. The highest BCUT2D eigenvalue weighted by Crippen LogP contribution is 2.26. The summed E-state index contributed by atoms with van der Waals surface area (Å²) in [6, 6.07) is 8.25. The maximum atomic E-state index is 13.1. The number of benzene rings is 2. The Balaban J connectivity index is 2.28. The zero-order chi connectivity index (χ0) is 14.0. The van der Waals surface area contributed by atoms with Gasteiger partial charge < -0.3 is 10.4 Å². The normalized spacial score (nSPS) is 10.3. The van der Waals surface area contributed by atoms with Gasteiger partial charge in [-0.1, -0.05) is 11.6 Å². The molecule has 0 aliphatic rings. The van der Waals surface area contributed by atoms with Gasteiger partial charge in [-0.2, -0.15) is 0 Å². The Hall–Kier alpha value is -1.34. The summed E-state index contributed by atoms with van der Waals surface area (Å²) in [7, 11) is 0. The third-order valence-electron chi connectivity index (χ3n) is 2.38. The van der Waals surface area contributed by atoms with E-state index in [2.05, 4.69) is 27.9 Å². The number of amides is 1. The number of phenolic OH excluding ortho intramolecular Hbond substituents is 1. The second kappa shape index (κ2) is 5.75. The number of anilines is 1. The number of hydrogen-bond donors (Lipinski definition) is 2. The molecule has 0 aromatic heterocycles. The molecular formula is C13H8ClFINO2. The van der Waals surface area contributed by atoms with E-state index in [1.54, 1.807) is 18.2 Å². The topological polar surface area (TPSA) is 49.3 Å². The van der Waals surface area contributed by atoms with Crippen LogP contribution in [0.1, 0.15) is 10.4 Å². The van der Waals surface area contributed by atoms with Crippen molar-refractivity contribution in [3.05, 3.63) is 56.4 Å². The predicted molar refractivity (Wildman–Crippen MR) is 80.2 cm³/mol. The number of carbonyl (C=O) groups excluding carboxylic acids is 1. The molecule has 0 unspecified atom stereocenters. The Bertz CT molecular complexity index is 649. The van der Waals surface area contributed by atoms with Crippen LogP contribution in [0.3, 0.4) is 0 Å². The van der Waals surface area contributed by atoms with E-state index >= 15 is 0 Å². The lowest BCUT2D eigenvalue weighted by Crippen LogP contribution is -2.12. The predicted octanol–water partition coefficient (Wildman–Crippen LogP) is 4.04. The highest BCUT2D eigenvalue weighted by atomic mass is 127. The Morgan fingerprint density at radius 1 is 1.26 bits per heavy atom. The minimum absolute atomic E-state index is 0.144. The van der Waals surface area contributed by atoms with Crippen molar-refractivity contribution in [1.82, 2.24) is 0 Å². The van der Waals surface area contributed by atoms with Crippen molar-refractivity contribution in [2.24, 2.45) is 0 Å². The molecule has 0 aliphatic carbocycles. The molecule has 2 aromatic rings. The summed E-state index contributed by atoms with van der Waals surface area (Å²) >= 11 is 8.07. The number of rotatable bonds is 2. The van der Waals surface area contributed by atoms with E-state index in [9.17, 15) is 14.3 Å². The molecule has 2 aromatic carbocycles. The van der Waals surface area contributed by atoms with Gasteiger partial charge in [-0.15, -0.1) is 0 Å². The summed E-state index contributed by atoms with van der Waals surface area (Å²) in [4.78, 5) is 11.9. The Labute approximate surface area is 127 Å². The summed E-state index contributed by atoms with van der Waals surface area (Å²) in [5, 5.41) is 12.4. The molecule has 0 bridgehead atoms.